The van der Waals surface area contributed by atoms with Crippen LogP contribution in [0.4, 0.5) is 0 Å². The second-order valence-electron chi connectivity index (χ2n) is 5.45. The van der Waals surface area contributed by atoms with Crippen LogP contribution >= 0.6 is 0 Å². The summed E-state index contributed by atoms with van der Waals surface area (Å²) in [5.74, 6) is 0. The normalized spacial score (nSPS) is 23.9. The molecule has 3 nitrogen and oxygen atoms in total. The fraction of sp³-hybridized carbons (Fsp3) is 0.833. The Balaban J connectivity index is 2.51. The lowest BCUT2D eigenvalue weighted by molar-refractivity contribution is 0.00578. The molecule has 0 aliphatic carbocycles. The quantitative estimate of drug-likeness (QED) is 0.590. The maximum absolute atomic E-state index is 8.79. The Morgan fingerprint density at radius 2 is 1.69 bits per heavy atom. The van der Waals surface area contributed by atoms with Gasteiger partial charge in [0.15, 0.2) is 0 Å². The van der Waals surface area contributed by atoms with Gasteiger partial charge in [-0.2, -0.15) is 0 Å². The molecule has 0 amide bonds. The van der Waals surface area contributed by atoms with Crippen LogP contribution in [0.2, 0.25) is 6.32 Å². The lowest BCUT2D eigenvalue weighted by Gasteiger charge is -2.32. The average Bonchev–Trinajstić information content (AvgIpc) is 2.33. The van der Waals surface area contributed by atoms with Crippen LogP contribution < -0.4 is 0 Å². The van der Waals surface area contributed by atoms with Crippen molar-refractivity contribution in [1.29, 1.82) is 0 Å². The molecule has 0 aromatic rings. The average molecular weight is 226 g/mol. The van der Waals surface area contributed by atoms with Gasteiger partial charge in [-0.1, -0.05) is 11.6 Å². The van der Waals surface area contributed by atoms with E-state index < -0.39 is 0 Å². The summed E-state index contributed by atoms with van der Waals surface area (Å²) in [6.45, 7) is 10.4. The molecule has 0 radical (unpaired) electrons. The highest BCUT2D eigenvalue weighted by Crippen LogP contribution is 2.37. The minimum Gasteiger partial charge on any atom is -0.403 e. The van der Waals surface area contributed by atoms with Crippen molar-refractivity contribution in [2.45, 2.75) is 58.6 Å². The summed E-state index contributed by atoms with van der Waals surface area (Å²) < 4.78 is 11.7. The second kappa shape index (κ2) is 4.90. The first kappa shape index (κ1) is 13.7. The fourth-order valence-corrected chi connectivity index (χ4v) is 1.64. The van der Waals surface area contributed by atoms with Crippen molar-refractivity contribution in [2.75, 3.05) is 6.61 Å². The van der Waals surface area contributed by atoms with E-state index in [4.69, 9.17) is 14.4 Å². The summed E-state index contributed by atoms with van der Waals surface area (Å²) in [4.78, 5) is 0. The maximum Gasteiger partial charge on any atom is 0.461 e. The molecule has 92 valence electrons. The molecule has 1 aliphatic heterocycles. The molecule has 0 spiro atoms. The Kier molecular flexibility index (Phi) is 4.21. The van der Waals surface area contributed by atoms with E-state index in [0.717, 1.165) is 12.7 Å². The van der Waals surface area contributed by atoms with Crippen LogP contribution in [-0.2, 0) is 9.31 Å². The van der Waals surface area contributed by atoms with Crippen LogP contribution in [0.1, 0.15) is 41.0 Å². The molecule has 0 saturated carbocycles. The second-order valence-corrected chi connectivity index (χ2v) is 5.45. The Morgan fingerprint density at radius 1 is 1.19 bits per heavy atom. The summed E-state index contributed by atoms with van der Waals surface area (Å²) >= 11 is 0. The number of aliphatic hydroxyl groups is 1. The predicted octanol–water partition coefficient (Wildman–Crippen LogP) is 2.41. The van der Waals surface area contributed by atoms with Gasteiger partial charge in [-0.05, 0) is 41.0 Å². The third kappa shape index (κ3) is 3.09. The highest BCUT2D eigenvalue weighted by Gasteiger charge is 2.50. The Hall–Kier alpha value is -0.315. The third-order valence-corrected chi connectivity index (χ3v) is 3.47. The van der Waals surface area contributed by atoms with Crippen LogP contribution in [0, 0.1) is 0 Å². The molecule has 0 atom stereocenters. The van der Waals surface area contributed by atoms with Crippen molar-refractivity contribution >= 4 is 7.12 Å². The van der Waals surface area contributed by atoms with Gasteiger partial charge in [0, 0.05) is 12.9 Å². The van der Waals surface area contributed by atoms with E-state index in [-0.39, 0.29) is 24.9 Å². The van der Waals surface area contributed by atoms with E-state index in [0.29, 0.717) is 0 Å². The van der Waals surface area contributed by atoms with Crippen LogP contribution in [0.25, 0.3) is 0 Å². The molecule has 0 aromatic carbocycles. The van der Waals surface area contributed by atoms with Gasteiger partial charge in [-0.15, -0.1) is 0 Å². The molecule has 1 rings (SSSR count). The van der Waals surface area contributed by atoms with Gasteiger partial charge in [-0.3, -0.25) is 0 Å². The lowest BCUT2D eigenvalue weighted by atomic mass is 9.84. The monoisotopic (exact) mass is 226 g/mol. The molecule has 0 aromatic heterocycles. The number of hydrogen-bond acceptors (Lipinski definition) is 3. The van der Waals surface area contributed by atoms with Crippen LogP contribution in [0.5, 0.6) is 0 Å². The molecular weight excluding hydrogens is 203 g/mol. The zero-order valence-electron chi connectivity index (χ0n) is 11.0. The highest BCUT2D eigenvalue weighted by molar-refractivity contribution is 6.46. The predicted molar refractivity (Wildman–Crippen MR) is 66.3 cm³/mol. The van der Waals surface area contributed by atoms with Gasteiger partial charge in [0.1, 0.15) is 0 Å². The van der Waals surface area contributed by atoms with E-state index in [9.17, 15) is 0 Å². The van der Waals surface area contributed by atoms with Crippen molar-refractivity contribution < 1.29 is 14.4 Å². The first-order chi connectivity index (χ1) is 7.28. The molecule has 0 unspecified atom stereocenters. The summed E-state index contributed by atoms with van der Waals surface area (Å²) in [7, 11) is -0.168. The number of hydrogen-bond donors (Lipinski definition) is 1. The van der Waals surface area contributed by atoms with Gasteiger partial charge in [0.2, 0.25) is 0 Å². The van der Waals surface area contributed by atoms with E-state index in [2.05, 4.69) is 33.8 Å². The van der Waals surface area contributed by atoms with Crippen LogP contribution in [0.15, 0.2) is 11.6 Å². The standard InChI is InChI=1S/C12H23BO3/c1-10(7-9-14)6-8-13-15-11(2,3)12(4,5)16-13/h6,14H,7-9H2,1-5H3/b10-6-. The summed E-state index contributed by atoms with van der Waals surface area (Å²) in [6, 6.07) is 0. The number of rotatable bonds is 4. The molecule has 1 aliphatic rings. The van der Waals surface area contributed by atoms with Gasteiger partial charge >= 0.3 is 7.12 Å². The SMILES string of the molecule is C/C(=C/CB1OC(C)(C)C(C)(C)O1)CCO. The highest BCUT2D eigenvalue weighted by atomic mass is 16.7. The van der Waals surface area contributed by atoms with Crippen molar-refractivity contribution in [2.24, 2.45) is 0 Å². The molecule has 4 heteroatoms. The van der Waals surface area contributed by atoms with E-state index in [1.165, 1.54) is 5.57 Å². The topological polar surface area (TPSA) is 38.7 Å². The molecule has 1 saturated heterocycles. The lowest BCUT2D eigenvalue weighted by Crippen LogP contribution is -2.41. The van der Waals surface area contributed by atoms with Gasteiger partial charge in [-0.25, -0.2) is 0 Å². The minimum absolute atomic E-state index is 0.168. The van der Waals surface area contributed by atoms with Crippen LogP contribution in [0.3, 0.4) is 0 Å². The zero-order chi connectivity index (χ0) is 12.4. The Bertz CT molecular complexity index is 255. The molecule has 0 bridgehead atoms. The molecule has 1 N–H and O–H groups in total. The fourth-order valence-electron chi connectivity index (χ4n) is 1.64. The van der Waals surface area contributed by atoms with Crippen molar-refractivity contribution in [3.8, 4) is 0 Å². The van der Waals surface area contributed by atoms with Crippen molar-refractivity contribution in [1.82, 2.24) is 0 Å². The maximum atomic E-state index is 8.79. The largest absolute Gasteiger partial charge is 0.461 e. The van der Waals surface area contributed by atoms with E-state index >= 15 is 0 Å². The van der Waals surface area contributed by atoms with Crippen molar-refractivity contribution in [3.63, 3.8) is 0 Å². The molecule has 16 heavy (non-hydrogen) atoms. The summed E-state index contributed by atoms with van der Waals surface area (Å²) in [6.07, 6.45) is 3.55. The Labute approximate surface area is 99.0 Å². The van der Waals surface area contributed by atoms with E-state index in [1.807, 2.05) is 6.92 Å². The van der Waals surface area contributed by atoms with Crippen LogP contribution in [-0.4, -0.2) is 30.0 Å². The van der Waals surface area contributed by atoms with Gasteiger partial charge in [0.25, 0.3) is 0 Å². The number of aliphatic hydroxyl groups excluding tert-OH is 1. The molecular formula is C12H23BO3. The molecule has 1 heterocycles. The molecule has 1 fully saturated rings. The first-order valence-electron chi connectivity index (χ1n) is 5.90. The Morgan fingerprint density at radius 3 is 2.12 bits per heavy atom. The number of allylic oxidation sites excluding steroid dienone is 1. The zero-order valence-corrected chi connectivity index (χ0v) is 11.0. The van der Waals surface area contributed by atoms with Crippen molar-refractivity contribution in [3.05, 3.63) is 11.6 Å². The first-order valence-corrected chi connectivity index (χ1v) is 5.90. The summed E-state index contributed by atoms with van der Waals surface area (Å²) in [5.41, 5.74) is 0.671. The summed E-state index contributed by atoms with van der Waals surface area (Å²) in [5, 5.41) is 8.79. The van der Waals surface area contributed by atoms with Gasteiger partial charge in [0.05, 0.1) is 11.2 Å². The smallest absolute Gasteiger partial charge is 0.403 e. The minimum atomic E-state index is -0.254. The third-order valence-electron chi connectivity index (χ3n) is 3.47. The van der Waals surface area contributed by atoms with E-state index in [1.54, 1.807) is 0 Å². The van der Waals surface area contributed by atoms with Gasteiger partial charge < -0.3 is 14.4 Å².